The fraction of sp³-hybridized carbons (Fsp3) is 0.308. The van der Waals surface area contributed by atoms with Crippen molar-refractivity contribution in [3.63, 3.8) is 0 Å². The van der Waals surface area contributed by atoms with Gasteiger partial charge in [-0.05, 0) is 54.3 Å². The predicted molar refractivity (Wildman–Crippen MR) is 123 cm³/mol. The van der Waals surface area contributed by atoms with E-state index in [0.717, 1.165) is 36.0 Å². The van der Waals surface area contributed by atoms with Crippen LogP contribution in [0.1, 0.15) is 25.8 Å². The Morgan fingerprint density at radius 2 is 1.40 bits per heavy atom. The van der Waals surface area contributed by atoms with Crippen LogP contribution in [0.15, 0.2) is 78.9 Å². The van der Waals surface area contributed by atoms with Crippen molar-refractivity contribution >= 4 is 5.69 Å². The number of para-hydroxylation sites is 3. The number of benzene rings is 3. The highest BCUT2D eigenvalue weighted by atomic mass is 16.5. The minimum absolute atomic E-state index is 0.479. The summed E-state index contributed by atoms with van der Waals surface area (Å²) in [6.45, 7) is 6.83. The first-order valence-electron chi connectivity index (χ1n) is 10.6. The van der Waals surface area contributed by atoms with Crippen LogP contribution in [0, 0.1) is 5.92 Å². The Morgan fingerprint density at radius 3 is 2.23 bits per heavy atom. The molecule has 3 rings (SSSR count). The Balaban J connectivity index is 1.48. The second kappa shape index (κ2) is 11.8. The van der Waals surface area contributed by atoms with Crippen LogP contribution in [0.2, 0.25) is 0 Å². The Morgan fingerprint density at radius 1 is 0.700 bits per heavy atom. The molecule has 4 nitrogen and oxygen atoms in total. The van der Waals surface area contributed by atoms with Gasteiger partial charge in [0.25, 0.3) is 0 Å². The van der Waals surface area contributed by atoms with Gasteiger partial charge in [-0.15, -0.1) is 0 Å². The van der Waals surface area contributed by atoms with Gasteiger partial charge in [0.15, 0.2) is 0 Å². The fourth-order valence-electron chi connectivity index (χ4n) is 2.92. The lowest BCUT2D eigenvalue weighted by molar-refractivity contribution is 0.218. The van der Waals surface area contributed by atoms with Gasteiger partial charge in [0.2, 0.25) is 0 Å². The summed E-state index contributed by atoms with van der Waals surface area (Å²) in [6, 6.07) is 26.0. The molecule has 158 valence electrons. The summed E-state index contributed by atoms with van der Waals surface area (Å²) >= 11 is 0. The molecule has 4 heteroatoms. The standard InChI is InChI=1S/C26H31NO3/c1-21(2)15-16-28-24-12-8-9-22(19-24)20-27-25-13-6-7-14-26(25)30-18-17-29-23-10-4-3-5-11-23/h3-14,19,21,27H,15-18,20H2,1-2H3. The lowest BCUT2D eigenvalue weighted by atomic mass is 10.1. The molecule has 0 saturated heterocycles. The van der Waals surface area contributed by atoms with Crippen LogP contribution >= 0.6 is 0 Å². The molecular formula is C26H31NO3. The summed E-state index contributed by atoms with van der Waals surface area (Å²) in [7, 11) is 0. The molecule has 0 radical (unpaired) electrons. The number of anilines is 1. The lowest BCUT2D eigenvalue weighted by Crippen LogP contribution is -2.10. The molecule has 0 aliphatic carbocycles. The number of nitrogens with one attached hydrogen (secondary N) is 1. The molecule has 0 aromatic heterocycles. The van der Waals surface area contributed by atoms with Gasteiger partial charge < -0.3 is 19.5 Å². The number of hydrogen-bond acceptors (Lipinski definition) is 4. The molecule has 0 aliphatic heterocycles. The van der Waals surface area contributed by atoms with E-state index in [1.807, 2.05) is 66.7 Å². The van der Waals surface area contributed by atoms with Crippen LogP contribution in [0.3, 0.4) is 0 Å². The highest BCUT2D eigenvalue weighted by Crippen LogP contribution is 2.25. The van der Waals surface area contributed by atoms with Gasteiger partial charge in [-0.25, -0.2) is 0 Å². The van der Waals surface area contributed by atoms with Gasteiger partial charge in [0.1, 0.15) is 30.5 Å². The zero-order valence-electron chi connectivity index (χ0n) is 17.8. The SMILES string of the molecule is CC(C)CCOc1cccc(CNc2ccccc2OCCOc2ccccc2)c1. The van der Waals surface area contributed by atoms with Crippen LogP contribution in [-0.4, -0.2) is 19.8 Å². The smallest absolute Gasteiger partial charge is 0.142 e. The zero-order valence-corrected chi connectivity index (χ0v) is 17.8. The van der Waals surface area contributed by atoms with Crippen molar-refractivity contribution in [3.8, 4) is 17.2 Å². The molecule has 30 heavy (non-hydrogen) atoms. The third kappa shape index (κ3) is 7.36. The van der Waals surface area contributed by atoms with Gasteiger partial charge in [-0.2, -0.15) is 0 Å². The molecule has 0 aliphatic rings. The molecule has 0 saturated carbocycles. The summed E-state index contributed by atoms with van der Waals surface area (Å²) in [5, 5.41) is 3.47. The predicted octanol–water partition coefficient (Wildman–Crippen LogP) is 6.18. The van der Waals surface area contributed by atoms with Crippen LogP contribution in [0.25, 0.3) is 0 Å². The van der Waals surface area contributed by atoms with Crippen molar-refractivity contribution in [2.24, 2.45) is 5.92 Å². The molecule has 0 unspecified atom stereocenters. The largest absolute Gasteiger partial charge is 0.494 e. The molecule has 0 spiro atoms. The molecule has 0 fully saturated rings. The third-order valence-electron chi connectivity index (χ3n) is 4.59. The third-order valence-corrected chi connectivity index (χ3v) is 4.59. The zero-order chi connectivity index (χ0) is 21.0. The van der Waals surface area contributed by atoms with Crippen molar-refractivity contribution in [1.29, 1.82) is 0 Å². The minimum atomic E-state index is 0.479. The molecule has 3 aromatic rings. The molecule has 1 N–H and O–H groups in total. The van der Waals surface area contributed by atoms with Crippen LogP contribution in [-0.2, 0) is 6.54 Å². The van der Waals surface area contributed by atoms with E-state index in [1.165, 1.54) is 5.56 Å². The summed E-state index contributed by atoms with van der Waals surface area (Å²) in [5.74, 6) is 3.23. The van der Waals surface area contributed by atoms with Gasteiger partial charge in [-0.1, -0.05) is 56.3 Å². The molecule has 0 bridgehead atoms. The Bertz CT molecular complexity index is 880. The van der Waals surface area contributed by atoms with Gasteiger partial charge in [0, 0.05) is 6.54 Å². The summed E-state index contributed by atoms with van der Waals surface area (Å²) in [5.41, 5.74) is 2.13. The van der Waals surface area contributed by atoms with E-state index in [4.69, 9.17) is 14.2 Å². The Labute approximate surface area is 179 Å². The molecule has 0 atom stereocenters. The highest BCUT2D eigenvalue weighted by Gasteiger charge is 2.04. The molecule has 0 amide bonds. The topological polar surface area (TPSA) is 39.7 Å². The van der Waals surface area contributed by atoms with Crippen molar-refractivity contribution in [3.05, 3.63) is 84.4 Å². The average Bonchev–Trinajstić information content (AvgIpc) is 2.77. The Kier molecular flexibility index (Phi) is 8.46. The summed E-state index contributed by atoms with van der Waals surface area (Å²) in [6.07, 6.45) is 1.06. The maximum Gasteiger partial charge on any atom is 0.142 e. The maximum absolute atomic E-state index is 5.93. The van der Waals surface area contributed by atoms with Gasteiger partial charge in [-0.3, -0.25) is 0 Å². The first kappa shape index (κ1) is 21.6. The number of hydrogen-bond donors (Lipinski definition) is 1. The van der Waals surface area contributed by atoms with E-state index < -0.39 is 0 Å². The van der Waals surface area contributed by atoms with Crippen LogP contribution in [0.4, 0.5) is 5.69 Å². The highest BCUT2D eigenvalue weighted by molar-refractivity contribution is 5.56. The monoisotopic (exact) mass is 405 g/mol. The number of ether oxygens (including phenoxy) is 3. The van der Waals surface area contributed by atoms with E-state index >= 15 is 0 Å². The second-order valence-electron chi connectivity index (χ2n) is 7.54. The number of rotatable bonds is 12. The summed E-state index contributed by atoms with van der Waals surface area (Å²) < 4.78 is 17.5. The average molecular weight is 406 g/mol. The molecule has 0 heterocycles. The maximum atomic E-state index is 5.93. The van der Waals surface area contributed by atoms with E-state index in [1.54, 1.807) is 0 Å². The first-order chi connectivity index (χ1) is 14.7. The fourth-order valence-corrected chi connectivity index (χ4v) is 2.92. The van der Waals surface area contributed by atoms with E-state index in [-0.39, 0.29) is 0 Å². The minimum Gasteiger partial charge on any atom is -0.494 e. The second-order valence-corrected chi connectivity index (χ2v) is 7.54. The summed E-state index contributed by atoms with van der Waals surface area (Å²) in [4.78, 5) is 0. The first-order valence-corrected chi connectivity index (χ1v) is 10.6. The van der Waals surface area contributed by atoms with Crippen molar-refractivity contribution in [2.75, 3.05) is 25.1 Å². The van der Waals surface area contributed by atoms with Crippen LogP contribution < -0.4 is 19.5 Å². The van der Waals surface area contributed by atoms with Crippen molar-refractivity contribution in [1.82, 2.24) is 0 Å². The van der Waals surface area contributed by atoms with Crippen LogP contribution in [0.5, 0.6) is 17.2 Å². The van der Waals surface area contributed by atoms with Gasteiger partial charge in [0.05, 0.1) is 12.3 Å². The molecule has 3 aromatic carbocycles. The lowest BCUT2D eigenvalue weighted by Gasteiger charge is -2.14. The van der Waals surface area contributed by atoms with E-state index in [9.17, 15) is 0 Å². The van der Waals surface area contributed by atoms with Crippen molar-refractivity contribution in [2.45, 2.75) is 26.8 Å². The van der Waals surface area contributed by atoms with E-state index in [0.29, 0.717) is 25.7 Å². The molecular weight excluding hydrogens is 374 g/mol. The normalized spacial score (nSPS) is 10.6. The quantitative estimate of drug-likeness (QED) is 0.365. The van der Waals surface area contributed by atoms with Gasteiger partial charge >= 0.3 is 0 Å². The van der Waals surface area contributed by atoms with E-state index in [2.05, 4.69) is 31.3 Å². The Hall–Kier alpha value is -3.14. The van der Waals surface area contributed by atoms with Crippen molar-refractivity contribution < 1.29 is 14.2 Å².